The van der Waals surface area contributed by atoms with E-state index < -0.39 is 0 Å². The molecule has 1 aromatic heterocycles. The molecule has 1 amide bonds. The highest BCUT2D eigenvalue weighted by atomic mass is 35.5. The lowest BCUT2D eigenvalue weighted by atomic mass is 10.1. The van der Waals surface area contributed by atoms with Gasteiger partial charge < -0.3 is 21.4 Å². The summed E-state index contributed by atoms with van der Waals surface area (Å²) in [6.07, 6.45) is 1.59. The normalized spacial score (nSPS) is 11.4. The third-order valence-corrected chi connectivity index (χ3v) is 4.57. The van der Waals surface area contributed by atoms with Crippen LogP contribution in [0.1, 0.15) is 23.5 Å². The van der Waals surface area contributed by atoms with E-state index in [1.165, 1.54) is 12.1 Å². The molecule has 0 unspecified atom stereocenters. The SMILES string of the molecule is Cl.Cl.Cn1c(C(=O)NC[C@@H](N)CCCN)nc2cc(-c3ccc(F)cc3)ccc21. The van der Waals surface area contributed by atoms with Crippen LogP contribution >= 0.6 is 24.8 Å². The molecule has 3 aromatic rings. The number of aryl methyl sites for hydroxylation is 1. The number of halogens is 3. The fraction of sp³-hybridized carbons (Fsp3) is 0.300. The first-order chi connectivity index (χ1) is 13.0. The lowest BCUT2D eigenvalue weighted by molar-refractivity contribution is 0.0937. The first-order valence-corrected chi connectivity index (χ1v) is 8.96. The highest BCUT2D eigenvalue weighted by Gasteiger charge is 2.16. The Balaban J connectivity index is 0.00000210. The minimum atomic E-state index is -0.277. The molecule has 0 aliphatic rings. The quantitative estimate of drug-likeness (QED) is 0.524. The van der Waals surface area contributed by atoms with E-state index in [2.05, 4.69) is 10.3 Å². The molecule has 0 aliphatic carbocycles. The summed E-state index contributed by atoms with van der Waals surface area (Å²) in [6, 6.07) is 11.9. The van der Waals surface area contributed by atoms with Gasteiger partial charge in [-0.3, -0.25) is 4.79 Å². The van der Waals surface area contributed by atoms with E-state index in [0.717, 1.165) is 29.5 Å². The molecular weight excluding hydrogens is 416 g/mol. The van der Waals surface area contributed by atoms with Crippen molar-refractivity contribution in [2.45, 2.75) is 18.9 Å². The van der Waals surface area contributed by atoms with Crippen molar-refractivity contribution in [2.24, 2.45) is 18.5 Å². The maximum atomic E-state index is 13.1. The maximum Gasteiger partial charge on any atom is 0.287 e. The largest absolute Gasteiger partial charge is 0.348 e. The highest BCUT2D eigenvalue weighted by Crippen LogP contribution is 2.24. The zero-order valence-corrected chi connectivity index (χ0v) is 17.7. The van der Waals surface area contributed by atoms with Crippen LogP contribution in [0.4, 0.5) is 4.39 Å². The molecule has 2 aromatic carbocycles. The monoisotopic (exact) mass is 441 g/mol. The molecule has 6 nitrogen and oxygen atoms in total. The lowest BCUT2D eigenvalue weighted by Crippen LogP contribution is -2.38. The fourth-order valence-electron chi connectivity index (χ4n) is 3.01. The van der Waals surface area contributed by atoms with Crippen molar-refractivity contribution in [3.8, 4) is 11.1 Å². The summed E-state index contributed by atoms with van der Waals surface area (Å²) in [4.78, 5) is 17.0. The van der Waals surface area contributed by atoms with E-state index >= 15 is 0 Å². The molecule has 0 spiro atoms. The van der Waals surface area contributed by atoms with Gasteiger partial charge in [0.1, 0.15) is 5.82 Å². The van der Waals surface area contributed by atoms with E-state index in [4.69, 9.17) is 11.5 Å². The first-order valence-electron chi connectivity index (χ1n) is 8.96. The minimum absolute atomic E-state index is 0. The van der Waals surface area contributed by atoms with Gasteiger partial charge in [-0.15, -0.1) is 24.8 Å². The molecule has 0 aliphatic heterocycles. The summed E-state index contributed by atoms with van der Waals surface area (Å²) in [7, 11) is 1.80. The lowest BCUT2D eigenvalue weighted by Gasteiger charge is -2.11. The average Bonchev–Trinajstić information content (AvgIpc) is 3.01. The number of nitrogens with zero attached hydrogens (tertiary/aromatic N) is 2. The van der Waals surface area contributed by atoms with Crippen molar-refractivity contribution in [1.82, 2.24) is 14.9 Å². The Kier molecular flexibility index (Phi) is 9.52. The summed E-state index contributed by atoms with van der Waals surface area (Å²) < 4.78 is 14.9. The molecule has 0 bridgehead atoms. The number of fused-ring (bicyclic) bond motifs is 1. The van der Waals surface area contributed by atoms with Crippen LogP contribution in [-0.4, -0.2) is 34.6 Å². The number of benzene rings is 2. The summed E-state index contributed by atoms with van der Waals surface area (Å²) in [5.41, 5.74) is 14.8. The zero-order chi connectivity index (χ0) is 19.4. The Hall–Kier alpha value is -2.19. The number of amides is 1. The summed E-state index contributed by atoms with van der Waals surface area (Å²) in [5.74, 6) is -0.214. The van der Waals surface area contributed by atoms with Crippen LogP contribution < -0.4 is 16.8 Å². The Labute approximate surface area is 181 Å². The Morgan fingerprint density at radius 1 is 1.17 bits per heavy atom. The van der Waals surface area contributed by atoms with Gasteiger partial charge in [0.05, 0.1) is 11.0 Å². The molecule has 0 saturated carbocycles. The van der Waals surface area contributed by atoms with Crippen LogP contribution in [0.5, 0.6) is 0 Å². The second kappa shape index (κ2) is 11.1. The number of nitrogens with one attached hydrogen (secondary N) is 1. The average molecular weight is 442 g/mol. The minimum Gasteiger partial charge on any atom is -0.348 e. The molecular formula is C20H26Cl2FN5O. The molecule has 1 atom stereocenters. The molecule has 3 rings (SSSR count). The number of rotatable bonds is 7. The summed E-state index contributed by atoms with van der Waals surface area (Å²) in [6.45, 7) is 0.964. The molecule has 0 fully saturated rings. The van der Waals surface area contributed by atoms with E-state index in [1.54, 1.807) is 23.7 Å². The van der Waals surface area contributed by atoms with E-state index in [-0.39, 0.29) is 42.6 Å². The van der Waals surface area contributed by atoms with Crippen LogP contribution in [0.3, 0.4) is 0 Å². The molecule has 9 heteroatoms. The number of nitrogens with two attached hydrogens (primary N) is 2. The van der Waals surface area contributed by atoms with Crippen LogP contribution in [0.2, 0.25) is 0 Å². The van der Waals surface area contributed by atoms with Crippen LogP contribution in [-0.2, 0) is 7.05 Å². The Morgan fingerprint density at radius 2 is 1.83 bits per heavy atom. The predicted octanol–water partition coefficient (Wildman–Crippen LogP) is 3.02. The van der Waals surface area contributed by atoms with Gasteiger partial charge in [0.2, 0.25) is 0 Å². The summed E-state index contributed by atoms with van der Waals surface area (Å²) >= 11 is 0. The van der Waals surface area contributed by atoms with Crippen molar-refractivity contribution >= 4 is 41.8 Å². The van der Waals surface area contributed by atoms with Crippen molar-refractivity contribution in [3.63, 3.8) is 0 Å². The topological polar surface area (TPSA) is 99.0 Å². The summed E-state index contributed by atoms with van der Waals surface area (Å²) in [5, 5.41) is 2.83. The number of carbonyl (C=O) groups is 1. The van der Waals surface area contributed by atoms with Crippen molar-refractivity contribution in [3.05, 3.63) is 54.1 Å². The highest BCUT2D eigenvalue weighted by molar-refractivity contribution is 5.95. The number of carbonyl (C=O) groups excluding carboxylic acids is 1. The fourth-order valence-corrected chi connectivity index (χ4v) is 3.01. The van der Waals surface area contributed by atoms with Crippen LogP contribution in [0.25, 0.3) is 22.2 Å². The molecule has 0 saturated heterocycles. The molecule has 29 heavy (non-hydrogen) atoms. The number of aromatic nitrogens is 2. The van der Waals surface area contributed by atoms with Gasteiger partial charge in [-0.1, -0.05) is 18.2 Å². The first kappa shape index (κ1) is 24.8. The van der Waals surface area contributed by atoms with Crippen LogP contribution in [0.15, 0.2) is 42.5 Å². The van der Waals surface area contributed by atoms with Gasteiger partial charge in [0.25, 0.3) is 5.91 Å². The third-order valence-electron chi connectivity index (χ3n) is 4.57. The second-order valence-electron chi connectivity index (χ2n) is 6.61. The van der Waals surface area contributed by atoms with Gasteiger partial charge in [-0.2, -0.15) is 0 Å². The van der Waals surface area contributed by atoms with Gasteiger partial charge in [-0.05, 0) is 54.8 Å². The third kappa shape index (κ3) is 5.90. The van der Waals surface area contributed by atoms with E-state index in [0.29, 0.717) is 24.4 Å². The number of hydrogen-bond acceptors (Lipinski definition) is 4. The maximum absolute atomic E-state index is 13.1. The van der Waals surface area contributed by atoms with Crippen molar-refractivity contribution < 1.29 is 9.18 Å². The van der Waals surface area contributed by atoms with Crippen LogP contribution in [0, 0.1) is 5.82 Å². The number of hydrogen-bond donors (Lipinski definition) is 3. The molecule has 158 valence electrons. The van der Waals surface area contributed by atoms with Crippen molar-refractivity contribution in [1.29, 1.82) is 0 Å². The smallest absolute Gasteiger partial charge is 0.287 e. The number of imidazole rings is 1. The molecule has 1 heterocycles. The van der Waals surface area contributed by atoms with Gasteiger partial charge >= 0.3 is 0 Å². The van der Waals surface area contributed by atoms with E-state index in [9.17, 15) is 9.18 Å². The van der Waals surface area contributed by atoms with Crippen molar-refractivity contribution in [2.75, 3.05) is 13.1 Å². The van der Waals surface area contributed by atoms with E-state index in [1.807, 2.05) is 18.2 Å². The van der Waals surface area contributed by atoms with Gasteiger partial charge in [-0.25, -0.2) is 9.37 Å². The second-order valence-corrected chi connectivity index (χ2v) is 6.61. The predicted molar refractivity (Wildman–Crippen MR) is 119 cm³/mol. The van der Waals surface area contributed by atoms with Gasteiger partial charge in [0.15, 0.2) is 5.82 Å². The Morgan fingerprint density at radius 3 is 2.48 bits per heavy atom. The zero-order valence-electron chi connectivity index (χ0n) is 16.1. The standard InChI is InChI=1S/C20H24FN5O.2ClH/c1-26-18-9-6-14(13-4-7-15(21)8-5-13)11-17(18)25-19(26)20(27)24-12-16(23)3-2-10-22;;/h4-9,11,16H,2-3,10,12,22-23H2,1H3,(H,24,27);2*1H/t16-;;/m0../s1. The molecule has 0 radical (unpaired) electrons. The van der Waals surface area contributed by atoms with Gasteiger partial charge in [0, 0.05) is 19.6 Å². The molecule has 5 N–H and O–H groups in total. The Bertz CT molecular complexity index is 946.